The zero-order chi connectivity index (χ0) is 15.5. The fraction of sp³-hybridized carbons (Fsp3) is 0.562. The van der Waals surface area contributed by atoms with Crippen molar-refractivity contribution in [1.82, 2.24) is 5.32 Å². The molecule has 2 N–H and O–H groups in total. The topological polar surface area (TPSA) is 67.8 Å². The van der Waals surface area contributed by atoms with Crippen LogP contribution in [0, 0.1) is 5.41 Å². The Bertz CT molecular complexity index is 515. The molecule has 1 aliphatic rings. The zero-order valence-corrected chi connectivity index (χ0v) is 12.8. The van der Waals surface area contributed by atoms with Crippen molar-refractivity contribution >= 4 is 5.91 Å². The van der Waals surface area contributed by atoms with Crippen molar-refractivity contribution in [2.75, 3.05) is 13.3 Å². The average molecular weight is 293 g/mol. The molecule has 0 saturated carbocycles. The second kappa shape index (κ2) is 6.45. The third-order valence-electron chi connectivity index (χ3n) is 4.35. The van der Waals surface area contributed by atoms with Gasteiger partial charge in [0, 0.05) is 23.1 Å². The first-order chi connectivity index (χ1) is 9.96. The van der Waals surface area contributed by atoms with Crippen molar-refractivity contribution in [3.63, 3.8) is 0 Å². The second-order valence-electron chi connectivity index (χ2n) is 5.80. The van der Waals surface area contributed by atoms with E-state index in [1.54, 1.807) is 25.1 Å². The first-order valence-corrected chi connectivity index (χ1v) is 7.26. The van der Waals surface area contributed by atoms with Gasteiger partial charge in [0.05, 0.1) is 12.7 Å². The summed E-state index contributed by atoms with van der Waals surface area (Å²) in [5.74, 6) is 0.615. The molecule has 0 bridgehead atoms. The minimum Gasteiger partial charge on any atom is -0.467 e. The number of ether oxygens (including phenoxy) is 2. The number of hydrogen-bond donors (Lipinski definition) is 2. The van der Waals surface area contributed by atoms with Crippen LogP contribution in [0.4, 0.5) is 0 Å². The number of carbonyl (C=O) groups excluding carboxylic acids is 1. The number of benzene rings is 1. The lowest BCUT2D eigenvalue weighted by Gasteiger charge is -2.31. The molecule has 0 radical (unpaired) electrons. The molecule has 5 heteroatoms. The third-order valence-corrected chi connectivity index (χ3v) is 4.35. The lowest BCUT2D eigenvalue weighted by molar-refractivity contribution is -0.0163. The van der Waals surface area contributed by atoms with Gasteiger partial charge in [-0.2, -0.15) is 0 Å². The molecule has 5 nitrogen and oxygen atoms in total. The van der Waals surface area contributed by atoms with Crippen LogP contribution >= 0.6 is 0 Å². The van der Waals surface area contributed by atoms with E-state index in [4.69, 9.17) is 9.47 Å². The number of nitrogens with one attached hydrogen (secondary N) is 1. The maximum Gasteiger partial charge on any atom is 0.251 e. The van der Waals surface area contributed by atoms with Crippen molar-refractivity contribution in [2.45, 2.75) is 39.9 Å². The summed E-state index contributed by atoms with van der Waals surface area (Å²) >= 11 is 0. The van der Waals surface area contributed by atoms with E-state index in [2.05, 4.69) is 5.32 Å². The number of rotatable bonds is 5. The van der Waals surface area contributed by atoms with E-state index >= 15 is 0 Å². The number of aliphatic hydroxyl groups is 1. The van der Waals surface area contributed by atoms with E-state index in [1.165, 1.54) is 0 Å². The summed E-state index contributed by atoms with van der Waals surface area (Å²) in [7, 11) is 0. The van der Waals surface area contributed by atoms with Gasteiger partial charge in [-0.15, -0.1) is 0 Å². The van der Waals surface area contributed by atoms with Gasteiger partial charge in [-0.25, -0.2) is 0 Å². The maximum atomic E-state index is 12.2. The van der Waals surface area contributed by atoms with Crippen LogP contribution in [-0.2, 0) is 11.3 Å². The quantitative estimate of drug-likeness (QED) is 0.872. The fourth-order valence-electron chi connectivity index (χ4n) is 2.18. The monoisotopic (exact) mass is 293 g/mol. The van der Waals surface area contributed by atoms with E-state index in [0.717, 1.165) is 17.7 Å². The van der Waals surface area contributed by atoms with Gasteiger partial charge in [0.2, 0.25) is 0 Å². The molecule has 2 rings (SSSR count). The Hall–Kier alpha value is -1.59. The molecular formula is C16H23NO4. The van der Waals surface area contributed by atoms with Crippen LogP contribution in [0.2, 0.25) is 0 Å². The summed E-state index contributed by atoms with van der Waals surface area (Å²) in [5, 5.41) is 12.7. The summed E-state index contributed by atoms with van der Waals surface area (Å²) in [4.78, 5) is 12.2. The average Bonchev–Trinajstić information content (AvgIpc) is 2.51. The number of fused-ring (bicyclic) bond motifs is 1. The Balaban J connectivity index is 2.04. The molecule has 1 aliphatic heterocycles. The highest BCUT2D eigenvalue weighted by Crippen LogP contribution is 2.26. The Labute approximate surface area is 125 Å². The summed E-state index contributed by atoms with van der Waals surface area (Å²) < 4.78 is 10.5. The molecule has 0 spiro atoms. The Morgan fingerprint density at radius 3 is 2.95 bits per heavy atom. The standard InChI is InChI=1S/C16H23NO4/c1-4-16(3,11(2)18)9-17-15(19)12-5-6-14-13(7-12)8-20-10-21-14/h5-7,11,18H,4,8-10H2,1-3H3,(H,17,19)/t11-,16-/m1/s1. The normalized spacial score (nSPS) is 18.1. The van der Waals surface area contributed by atoms with Crippen LogP contribution < -0.4 is 10.1 Å². The number of amides is 1. The Morgan fingerprint density at radius 2 is 2.29 bits per heavy atom. The van der Waals surface area contributed by atoms with Crippen molar-refractivity contribution < 1.29 is 19.4 Å². The molecule has 2 atom stereocenters. The van der Waals surface area contributed by atoms with Crippen molar-refractivity contribution in [1.29, 1.82) is 0 Å². The second-order valence-corrected chi connectivity index (χ2v) is 5.80. The summed E-state index contributed by atoms with van der Waals surface area (Å²) in [6, 6.07) is 5.32. The number of carbonyl (C=O) groups is 1. The molecule has 0 unspecified atom stereocenters. The highest BCUT2D eigenvalue weighted by Gasteiger charge is 2.28. The molecule has 0 aliphatic carbocycles. The minimum atomic E-state index is -0.479. The third kappa shape index (κ3) is 3.54. The van der Waals surface area contributed by atoms with Gasteiger partial charge in [0.15, 0.2) is 6.79 Å². The lowest BCUT2D eigenvalue weighted by Crippen LogP contribution is -2.41. The first-order valence-electron chi connectivity index (χ1n) is 7.26. The van der Waals surface area contributed by atoms with Crippen LogP contribution in [0.25, 0.3) is 0 Å². The molecule has 21 heavy (non-hydrogen) atoms. The summed E-state index contributed by atoms with van der Waals surface area (Å²) in [5.41, 5.74) is 1.13. The van der Waals surface area contributed by atoms with Crippen LogP contribution in [0.3, 0.4) is 0 Å². The van der Waals surface area contributed by atoms with E-state index in [0.29, 0.717) is 18.7 Å². The van der Waals surface area contributed by atoms with Crippen molar-refractivity contribution in [2.24, 2.45) is 5.41 Å². The Morgan fingerprint density at radius 1 is 1.52 bits per heavy atom. The van der Waals surface area contributed by atoms with Gasteiger partial charge in [-0.05, 0) is 31.5 Å². The highest BCUT2D eigenvalue weighted by molar-refractivity contribution is 5.94. The lowest BCUT2D eigenvalue weighted by atomic mass is 9.82. The maximum absolute atomic E-state index is 12.2. The molecule has 1 aromatic carbocycles. The minimum absolute atomic E-state index is 0.149. The van der Waals surface area contributed by atoms with Gasteiger partial charge in [-0.1, -0.05) is 13.8 Å². The SMILES string of the molecule is CC[C@](C)(CNC(=O)c1ccc2c(c1)COCO2)[C@@H](C)O. The largest absolute Gasteiger partial charge is 0.467 e. The highest BCUT2D eigenvalue weighted by atomic mass is 16.7. The summed E-state index contributed by atoms with van der Waals surface area (Å²) in [6.45, 7) is 6.87. The van der Waals surface area contributed by atoms with Gasteiger partial charge in [0.1, 0.15) is 5.75 Å². The van der Waals surface area contributed by atoms with E-state index < -0.39 is 6.10 Å². The van der Waals surface area contributed by atoms with Crippen molar-refractivity contribution in [3.05, 3.63) is 29.3 Å². The molecule has 0 saturated heterocycles. The van der Waals surface area contributed by atoms with Crippen LogP contribution in [-0.4, -0.2) is 30.5 Å². The molecule has 1 amide bonds. The summed E-state index contributed by atoms with van der Waals surface area (Å²) in [6.07, 6.45) is 0.310. The van der Waals surface area contributed by atoms with Crippen LogP contribution in [0.5, 0.6) is 5.75 Å². The van der Waals surface area contributed by atoms with Gasteiger partial charge < -0.3 is 19.9 Å². The molecule has 1 heterocycles. The first kappa shape index (κ1) is 15.8. The predicted molar refractivity (Wildman–Crippen MR) is 79.1 cm³/mol. The molecular weight excluding hydrogens is 270 g/mol. The molecule has 0 fully saturated rings. The zero-order valence-electron chi connectivity index (χ0n) is 12.8. The smallest absolute Gasteiger partial charge is 0.251 e. The molecule has 0 aromatic heterocycles. The van der Waals surface area contributed by atoms with Gasteiger partial charge >= 0.3 is 0 Å². The number of hydrogen-bond acceptors (Lipinski definition) is 4. The van der Waals surface area contributed by atoms with E-state index in [1.807, 2.05) is 13.8 Å². The van der Waals surface area contributed by atoms with Gasteiger partial charge in [0.25, 0.3) is 5.91 Å². The van der Waals surface area contributed by atoms with E-state index in [9.17, 15) is 9.90 Å². The van der Waals surface area contributed by atoms with Crippen molar-refractivity contribution in [3.8, 4) is 5.75 Å². The fourth-order valence-corrected chi connectivity index (χ4v) is 2.18. The predicted octanol–water partition coefficient (Wildman–Crippen LogP) is 2.08. The Kier molecular flexibility index (Phi) is 4.85. The van der Waals surface area contributed by atoms with Gasteiger partial charge in [-0.3, -0.25) is 4.79 Å². The van der Waals surface area contributed by atoms with Crippen LogP contribution in [0.1, 0.15) is 43.1 Å². The molecule has 1 aromatic rings. The molecule has 116 valence electrons. The van der Waals surface area contributed by atoms with E-state index in [-0.39, 0.29) is 18.1 Å². The van der Waals surface area contributed by atoms with Crippen LogP contribution in [0.15, 0.2) is 18.2 Å². The number of aliphatic hydroxyl groups excluding tert-OH is 1.